The molecule has 6 nitrogen and oxygen atoms in total. The zero-order valence-electron chi connectivity index (χ0n) is 12.8. The normalized spacial score (nSPS) is 13.1. The van der Waals surface area contributed by atoms with E-state index in [0.29, 0.717) is 0 Å². The molecule has 23 heavy (non-hydrogen) atoms. The van der Waals surface area contributed by atoms with Gasteiger partial charge in [0.1, 0.15) is 12.1 Å². The van der Waals surface area contributed by atoms with Crippen LogP contribution in [-0.2, 0) is 22.6 Å². The summed E-state index contributed by atoms with van der Waals surface area (Å²) in [5, 5.41) is 10.6. The van der Waals surface area contributed by atoms with E-state index < -0.39 is 16.4 Å². The van der Waals surface area contributed by atoms with Crippen LogP contribution >= 0.6 is 0 Å². The number of carbonyl (C=O) groups is 1. The Morgan fingerprint density at radius 3 is 2.30 bits per heavy atom. The molecular formula is C17H18N2O4. The van der Waals surface area contributed by atoms with E-state index in [1.165, 1.54) is 12.1 Å². The Labute approximate surface area is 134 Å². The molecule has 2 aromatic carbocycles. The Hall–Kier alpha value is -2.73. The average Bonchev–Trinajstić information content (AvgIpc) is 2.53. The third-order valence-electron chi connectivity index (χ3n) is 3.40. The molecule has 0 spiro atoms. The second-order valence-corrected chi connectivity index (χ2v) is 5.58. The van der Waals surface area contributed by atoms with Crippen molar-refractivity contribution < 1.29 is 14.5 Å². The minimum atomic E-state index is -1.20. The van der Waals surface area contributed by atoms with Crippen molar-refractivity contribution in [3.63, 3.8) is 0 Å². The number of nitrogens with two attached hydrogens (primary N) is 1. The molecule has 2 aromatic rings. The van der Waals surface area contributed by atoms with Gasteiger partial charge in [0.15, 0.2) is 0 Å². The van der Waals surface area contributed by atoms with Crippen LogP contribution in [0, 0.1) is 10.1 Å². The summed E-state index contributed by atoms with van der Waals surface area (Å²) in [6.07, 6.45) is 0.235. The molecule has 0 aliphatic rings. The molecular weight excluding hydrogens is 296 g/mol. The molecule has 6 heteroatoms. The predicted octanol–water partition coefficient (Wildman–Crippen LogP) is 2.60. The first kappa shape index (κ1) is 16.6. The van der Waals surface area contributed by atoms with Crippen LogP contribution in [0.2, 0.25) is 0 Å². The number of non-ortho nitro benzene ring substituents is 1. The fourth-order valence-corrected chi connectivity index (χ4v) is 2.12. The second kappa shape index (κ2) is 7.02. The van der Waals surface area contributed by atoms with Crippen molar-refractivity contribution in [3.8, 4) is 0 Å². The van der Waals surface area contributed by atoms with Crippen LogP contribution in [0.5, 0.6) is 0 Å². The molecule has 120 valence electrons. The summed E-state index contributed by atoms with van der Waals surface area (Å²) in [6, 6.07) is 15.3. The zero-order valence-corrected chi connectivity index (χ0v) is 12.8. The molecule has 0 bridgehead atoms. The van der Waals surface area contributed by atoms with Crippen molar-refractivity contribution in [2.24, 2.45) is 5.73 Å². The van der Waals surface area contributed by atoms with E-state index in [0.717, 1.165) is 11.1 Å². The summed E-state index contributed by atoms with van der Waals surface area (Å²) < 4.78 is 5.25. The largest absolute Gasteiger partial charge is 0.459 e. The van der Waals surface area contributed by atoms with Crippen molar-refractivity contribution in [2.45, 2.75) is 25.5 Å². The summed E-state index contributed by atoms with van der Waals surface area (Å²) in [6.45, 7) is 1.74. The van der Waals surface area contributed by atoms with Gasteiger partial charge in [-0.3, -0.25) is 14.9 Å². The van der Waals surface area contributed by atoms with Gasteiger partial charge in [-0.2, -0.15) is 0 Å². The third kappa shape index (κ3) is 4.62. The Balaban J connectivity index is 1.97. The van der Waals surface area contributed by atoms with E-state index in [4.69, 9.17) is 10.5 Å². The Morgan fingerprint density at radius 2 is 1.74 bits per heavy atom. The molecule has 1 atom stereocenters. The predicted molar refractivity (Wildman–Crippen MR) is 85.6 cm³/mol. The third-order valence-corrected chi connectivity index (χ3v) is 3.40. The van der Waals surface area contributed by atoms with Crippen molar-refractivity contribution in [3.05, 3.63) is 75.8 Å². The highest BCUT2D eigenvalue weighted by Crippen LogP contribution is 2.17. The molecule has 2 rings (SSSR count). The molecule has 0 fully saturated rings. The summed E-state index contributed by atoms with van der Waals surface area (Å²) in [5.74, 6) is -0.514. The van der Waals surface area contributed by atoms with Crippen molar-refractivity contribution in [1.29, 1.82) is 0 Å². The summed E-state index contributed by atoms with van der Waals surface area (Å²) >= 11 is 0. The average molecular weight is 314 g/mol. The molecule has 0 heterocycles. The lowest BCUT2D eigenvalue weighted by Crippen LogP contribution is -2.48. The van der Waals surface area contributed by atoms with Gasteiger partial charge in [-0.05, 0) is 18.1 Å². The van der Waals surface area contributed by atoms with Crippen LogP contribution < -0.4 is 5.73 Å². The molecule has 0 saturated carbocycles. The number of hydrogen-bond acceptors (Lipinski definition) is 5. The molecule has 2 N–H and O–H groups in total. The number of ether oxygens (including phenoxy) is 1. The van der Waals surface area contributed by atoms with E-state index in [1.807, 2.05) is 30.3 Å². The van der Waals surface area contributed by atoms with Crippen molar-refractivity contribution >= 4 is 11.7 Å². The lowest BCUT2D eigenvalue weighted by molar-refractivity contribution is -0.384. The van der Waals surface area contributed by atoms with Crippen LogP contribution in [0.1, 0.15) is 18.1 Å². The first-order chi connectivity index (χ1) is 10.9. The number of nitro groups is 1. The quantitative estimate of drug-likeness (QED) is 0.502. The van der Waals surface area contributed by atoms with Crippen LogP contribution in [0.3, 0.4) is 0 Å². The van der Waals surface area contributed by atoms with Gasteiger partial charge in [-0.25, -0.2) is 0 Å². The van der Waals surface area contributed by atoms with E-state index in [1.54, 1.807) is 19.1 Å². The van der Waals surface area contributed by atoms with Crippen LogP contribution in [-0.4, -0.2) is 16.4 Å². The Morgan fingerprint density at radius 1 is 1.13 bits per heavy atom. The number of carbonyl (C=O) groups excluding carboxylic acids is 1. The van der Waals surface area contributed by atoms with Gasteiger partial charge in [-0.15, -0.1) is 0 Å². The molecule has 0 aliphatic heterocycles. The number of nitrogens with zero attached hydrogens (tertiary/aromatic N) is 1. The standard InChI is InChI=1S/C17H18N2O4/c1-17(18,11-13-7-9-15(10-8-13)19(21)22)16(20)23-12-14-5-3-2-4-6-14/h2-10H,11-12,18H2,1H3/t17-/m0/s1. The van der Waals surface area contributed by atoms with Gasteiger partial charge in [0.05, 0.1) is 4.92 Å². The molecule has 0 amide bonds. The second-order valence-electron chi connectivity index (χ2n) is 5.58. The molecule has 0 saturated heterocycles. The monoisotopic (exact) mass is 314 g/mol. The van der Waals surface area contributed by atoms with Gasteiger partial charge in [0.2, 0.25) is 0 Å². The number of esters is 1. The summed E-state index contributed by atoms with van der Waals surface area (Å²) in [4.78, 5) is 22.3. The SMILES string of the molecule is C[C@](N)(Cc1ccc([N+](=O)[O-])cc1)C(=O)OCc1ccccc1. The van der Waals surface area contributed by atoms with Crippen LogP contribution in [0.15, 0.2) is 54.6 Å². The minimum Gasteiger partial charge on any atom is -0.459 e. The van der Waals surface area contributed by atoms with Gasteiger partial charge in [-0.1, -0.05) is 42.5 Å². The van der Waals surface area contributed by atoms with Gasteiger partial charge in [0.25, 0.3) is 5.69 Å². The summed E-state index contributed by atoms with van der Waals surface area (Å²) in [7, 11) is 0. The van der Waals surface area contributed by atoms with Crippen molar-refractivity contribution in [1.82, 2.24) is 0 Å². The number of benzene rings is 2. The highest BCUT2D eigenvalue weighted by atomic mass is 16.6. The Kier molecular flexibility index (Phi) is 5.08. The van der Waals surface area contributed by atoms with Crippen LogP contribution in [0.25, 0.3) is 0 Å². The fourth-order valence-electron chi connectivity index (χ4n) is 2.12. The molecule has 0 aliphatic carbocycles. The van der Waals surface area contributed by atoms with Gasteiger partial charge < -0.3 is 10.5 Å². The zero-order chi connectivity index (χ0) is 16.9. The van der Waals surface area contributed by atoms with E-state index in [2.05, 4.69) is 0 Å². The maximum Gasteiger partial charge on any atom is 0.326 e. The number of rotatable bonds is 6. The maximum atomic E-state index is 12.2. The fraction of sp³-hybridized carbons (Fsp3) is 0.235. The summed E-state index contributed by atoms with van der Waals surface area (Å²) in [5.41, 5.74) is 6.46. The number of hydrogen-bond donors (Lipinski definition) is 1. The van der Waals surface area contributed by atoms with E-state index >= 15 is 0 Å². The molecule has 0 unspecified atom stereocenters. The first-order valence-electron chi connectivity index (χ1n) is 7.12. The lowest BCUT2D eigenvalue weighted by Gasteiger charge is -2.22. The van der Waals surface area contributed by atoms with Crippen molar-refractivity contribution in [2.75, 3.05) is 0 Å². The molecule has 0 aromatic heterocycles. The highest BCUT2D eigenvalue weighted by molar-refractivity contribution is 5.80. The van der Waals surface area contributed by atoms with Gasteiger partial charge in [0, 0.05) is 18.6 Å². The maximum absolute atomic E-state index is 12.2. The minimum absolute atomic E-state index is 0.000807. The lowest BCUT2D eigenvalue weighted by atomic mass is 9.94. The number of nitro benzene ring substituents is 1. The van der Waals surface area contributed by atoms with E-state index in [9.17, 15) is 14.9 Å². The highest BCUT2D eigenvalue weighted by Gasteiger charge is 2.30. The van der Waals surface area contributed by atoms with E-state index in [-0.39, 0.29) is 18.7 Å². The van der Waals surface area contributed by atoms with Gasteiger partial charge >= 0.3 is 5.97 Å². The Bertz CT molecular complexity index is 681. The smallest absolute Gasteiger partial charge is 0.326 e. The molecule has 0 radical (unpaired) electrons. The van der Waals surface area contributed by atoms with Crippen LogP contribution in [0.4, 0.5) is 5.69 Å². The topological polar surface area (TPSA) is 95.5 Å². The first-order valence-corrected chi connectivity index (χ1v) is 7.12.